The molecule has 1 atom stereocenters. The Morgan fingerprint density at radius 2 is 2.00 bits per heavy atom. The van der Waals surface area contributed by atoms with Gasteiger partial charge in [0.25, 0.3) is 0 Å². The monoisotopic (exact) mass is 497 g/mol. The maximum Gasteiger partial charge on any atom is 0.471 e. The van der Waals surface area contributed by atoms with Crippen molar-refractivity contribution in [2.75, 3.05) is 25.0 Å². The molecular weight excluding hydrogens is 475 g/mol. The molecule has 1 N–H and O–H groups in total. The Kier molecular flexibility index (Phi) is 6.49. The van der Waals surface area contributed by atoms with Crippen LogP contribution < -0.4 is 5.32 Å². The van der Waals surface area contributed by atoms with Crippen molar-refractivity contribution >= 4 is 22.6 Å². The summed E-state index contributed by atoms with van der Waals surface area (Å²) in [4.78, 5) is 31.0. The maximum absolute atomic E-state index is 12.9. The third-order valence-electron chi connectivity index (χ3n) is 6.08. The molecule has 0 saturated carbocycles. The highest BCUT2D eigenvalue weighted by Crippen LogP contribution is 2.30. The second kappa shape index (κ2) is 9.88. The number of nitrogens with one attached hydrogen (secondary N) is 1. The van der Waals surface area contributed by atoms with E-state index in [0.29, 0.717) is 37.4 Å². The Morgan fingerprint density at radius 3 is 2.78 bits per heavy atom. The third kappa shape index (κ3) is 5.11. The zero-order chi connectivity index (χ0) is 25.1. The minimum atomic E-state index is -4.70. The molecule has 0 spiro atoms. The van der Waals surface area contributed by atoms with Gasteiger partial charge in [0.05, 0.1) is 5.52 Å². The van der Waals surface area contributed by atoms with Gasteiger partial charge < -0.3 is 14.7 Å². The van der Waals surface area contributed by atoms with Gasteiger partial charge in [0, 0.05) is 54.8 Å². The lowest BCUT2D eigenvalue weighted by atomic mass is 9.93. The van der Waals surface area contributed by atoms with Crippen LogP contribution in [0.2, 0.25) is 0 Å². The van der Waals surface area contributed by atoms with E-state index in [9.17, 15) is 18.0 Å². The first-order valence-corrected chi connectivity index (χ1v) is 11.5. The van der Waals surface area contributed by atoms with Crippen LogP contribution in [0.1, 0.15) is 36.8 Å². The predicted octanol–water partition coefficient (Wildman–Crippen LogP) is 4.30. The molecule has 5 rings (SSSR count). The van der Waals surface area contributed by atoms with Crippen molar-refractivity contribution in [1.29, 1.82) is 0 Å². The number of amides is 1. The molecule has 3 aromatic heterocycles. The fraction of sp³-hybridized carbons (Fsp3) is 0.333. The second-order valence-electron chi connectivity index (χ2n) is 8.49. The molecule has 4 aromatic rings. The van der Waals surface area contributed by atoms with Crippen molar-refractivity contribution in [2.45, 2.75) is 31.4 Å². The molecule has 1 unspecified atom stereocenters. The first-order valence-electron chi connectivity index (χ1n) is 11.5. The number of hydrogen-bond acceptors (Lipinski definition) is 8. The van der Waals surface area contributed by atoms with Crippen LogP contribution in [0.5, 0.6) is 0 Å². The van der Waals surface area contributed by atoms with Gasteiger partial charge in [-0.3, -0.25) is 9.78 Å². The number of fused-ring (bicyclic) bond motifs is 1. The summed E-state index contributed by atoms with van der Waals surface area (Å²) < 4.78 is 42.4. The number of pyridine rings is 1. The van der Waals surface area contributed by atoms with Crippen molar-refractivity contribution in [3.63, 3.8) is 0 Å². The van der Waals surface area contributed by atoms with Crippen LogP contribution in [-0.4, -0.2) is 55.5 Å². The SMILES string of the molecule is O=C(CCNc1ncnc2ccccc12)N1CCCC(c2ccc(-c3noc(C(F)(F)F)n3)cn2)C1. The van der Waals surface area contributed by atoms with E-state index in [0.717, 1.165) is 29.4 Å². The summed E-state index contributed by atoms with van der Waals surface area (Å²) in [6.07, 6.45) is 0.238. The third-order valence-corrected chi connectivity index (χ3v) is 6.08. The zero-order valence-electron chi connectivity index (χ0n) is 19.1. The number of carbonyl (C=O) groups excluding carboxylic acids is 1. The highest BCUT2D eigenvalue weighted by Gasteiger charge is 2.38. The number of carbonyl (C=O) groups is 1. The number of anilines is 1. The standard InChI is InChI=1S/C24H22F3N7O2/c25-24(26,27)23-32-21(33-36-23)15-7-8-18(29-12-15)16-4-3-11-34(13-16)20(35)9-10-28-22-17-5-1-2-6-19(17)30-14-31-22/h1-2,5-8,12,14,16H,3-4,9-11,13H2,(H,28,30,31). The van der Waals surface area contributed by atoms with Crippen molar-refractivity contribution in [2.24, 2.45) is 0 Å². The number of benzene rings is 1. The van der Waals surface area contributed by atoms with Crippen molar-refractivity contribution in [3.05, 3.63) is 60.5 Å². The molecule has 36 heavy (non-hydrogen) atoms. The molecule has 0 radical (unpaired) electrons. The van der Waals surface area contributed by atoms with Crippen LogP contribution in [0.25, 0.3) is 22.3 Å². The number of halogens is 3. The topological polar surface area (TPSA) is 110 Å². The predicted molar refractivity (Wildman–Crippen MR) is 124 cm³/mol. The summed E-state index contributed by atoms with van der Waals surface area (Å²) in [5.74, 6) is -0.811. The summed E-state index contributed by atoms with van der Waals surface area (Å²) in [6.45, 7) is 1.65. The fourth-order valence-corrected chi connectivity index (χ4v) is 4.27. The molecule has 1 saturated heterocycles. The Morgan fingerprint density at radius 1 is 1.14 bits per heavy atom. The number of alkyl halides is 3. The van der Waals surface area contributed by atoms with Crippen LogP contribution in [0.15, 0.2) is 53.4 Å². The van der Waals surface area contributed by atoms with Gasteiger partial charge in [-0.05, 0) is 37.1 Å². The number of aromatic nitrogens is 5. The van der Waals surface area contributed by atoms with Crippen LogP contribution in [0, 0.1) is 0 Å². The van der Waals surface area contributed by atoms with E-state index in [-0.39, 0.29) is 17.6 Å². The van der Waals surface area contributed by atoms with Gasteiger partial charge in [0.1, 0.15) is 12.1 Å². The van der Waals surface area contributed by atoms with E-state index in [1.807, 2.05) is 29.2 Å². The number of para-hydroxylation sites is 1. The largest absolute Gasteiger partial charge is 0.471 e. The lowest BCUT2D eigenvalue weighted by molar-refractivity contribution is -0.159. The average molecular weight is 497 g/mol. The Hall–Kier alpha value is -4.09. The van der Waals surface area contributed by atoms with E-state index >= 15 is 0 Å². The fourth-order valence-electron chi connectivity index (χ4n) is 4.27. The highest BCUT2D eigenvalue weighted by molar-refractivity contribution is 5.88. The van der Waals surface area contributed by atoms with E-state index in [2.05, 4.69) is 34.9 Å². The Balaban J connectivity index is 1.17. The molecule has 1 fully saturated rings. The number of nitrogens with zero attached hydrogens (tertiary/aromatic N) is 6. The van der Waals surface area contributed by atoms with Gasteiger partial charge in [-0.1, -0.05) is 17.3 Å². The van der Waals surface area contributed by atoms with Gasteiger partial charge in [-0.25, -0.2) is 9.97 Å². The molecule has 4 heterocycles. The lowest BCUT2D eigenvalue weighted by Gasteiger charge is -2.32. The van der Waals surface area contributed by atoms with E-state index in [1.165, 1.54) is 12.5 Å². The Bertz CT molecular complexity index is 1350. The van der Waals surface area contributed by atoms with Crippen LogP contribution in [-0.2, 0) is 11.0 Å². The van der Waals surface area contributed by atoms with E-state index in [1.54, 1.807) is 12.1 Å². The summed E-state index contributed by atoms with van der Waals surface area (Å²) >= 11 is 0. The van der Waals surface area contributed by atoms with Crippen molar-refractivity contribution in [1.82, 2.24) is 30.0 Å². The highest BCUT2D eigenvalue weighted by atomic mass is 19.4. The molecule has 1 aliphatic heterocycles. The van der Waals surface area contributed by atoms with Crippen LogP contribution >= 0.6 is 0 Å². The lowest BCUT2D eigenvalue weighted by Crippen LogP contribution is -2.39. The average Bonchev–Trinajstić information content (AvgIpc) is 3.40. The van der Waals surface area contributed by atoms with Crippen molar-refractivity contribution in [3.8, 4) is 11.4 Å². The van der Waals surface area contributed by atoms with E-state index in [4.69, 9.17) is 0 Å². The minimum Gasteiger partial charge on any atom is -0.369 e. The number of piperidine rings is 1. The molecule has 1 aliphatic rings. The maximum atomic E-state index is 12.9. The first kappa shape index (κ1) is 23.6. The van der Waals surface area contributed by atoms with Gasteiger partial charge in [0.2, 0.25) is 11.7 Å². The normalized spacial score (nSPS) is 16.3. The number of hydrogen-bond donors (Lipinski definition) is 1. The van der Waals surface area contributed by atoms with Gasteiger partial charge in [-0.15, -0.1) is 0 Å². The number of likely N-dealkylation sites (tertiary alicyclic amines) is 1. The van der Waals surface area contributed by atoms with Crippen molar-refractivity contribution < 1.29 is 22.5 Å². The van der Waals surface area contributed by atoms with Gasteiger partial charge in [0.15, 0.2) is 0 Å². The Labute approximate surface area is 203 Å². The second-order valence-corrected chi connectivity index (χ2v) is 8.49. The molecule has 12 heteroatoms. The molecule has 1 aromatic carbocycles. The van der Waals surface area contributed by atoms with Gasteiger partial charge in [-0.2, -0.15) is 18.2 Å². The van der Waals surface area contributed by atoms with Crippen LogP contribution in [0.3, 0.4) is 0 Å². The molecule has 0 bridgehead atoms. The molecule has 186 valence electrons. The summed E-state index contributed by atoms with van der Waals surface area (Å²) in [5, 5.41) is 7.52. The zero-order valence-corrected chi connectivity index (χ0v) is 19.1. The first-order chi connectivity index (χ1) is 17.4. The molecule has 9 nitrogen and oxygen atoms in total. The molecular formula is C24H22F3N7O2. The molecule has 0 aliphatic carbocycles. The van der Waals surface area contributed by atoms with E-state index < -0.39 is 12.1 Å². The smallest absolute Gasteiger partial charge is 0.369 e. The van der Waals surface area contributed by atoms with Crippen LogP contribution in [0.4, 0.5) is 19.0 Å². The minimum absolute atomic E-state index is 0.0338. The summed E-state index contributed by atoms with van der Waals surface area (Å²) in [5.41, 5.74) is 1.92. The summed E-state index contributed by atoms with van der Waals surface area (Å²) in [7, 11) is 0. The number of rotatable bonds is 6. The van der Waals surface area contributed by atoms with Gasteiger partial charge >= 0.3 is 12.1 Å². The summed E-state index contributed by atoms with van der Waals surface area (Å²) in [6, 6.07) is 11.0. The quantitative estimate of drug-likeness (QED) is 0.420. The molecule has 1 amide bonds.